The Morgan fingerprint density at radius 2 is 2.07 bits per heavy atom. The lowest BCUT2D eigenvalue weighted by molar-refractivity contribution is -0.386. The molecule has 0 atom stereocenters. The van der Waals surface area contributed by atoms with Crippen LogP contribution in [0.25, 0.3) is 0 Å². The Morgan fingerprint density at radius 3 is 2.47 bits per heavy atom. The minimum atomic E-state index is -4.73. The molecule has 1 rings (SSSR count). The second-order valence-corrected chi connectivity index (χ2v) is 2.49. The Morgan fingerprint density at radius 1 is 1.47 bits per heavy atom. The first-order valence-corrected chi connectivity index (χ1v) is 3.61. The highest BCUT2D eigenvalue weighted by Crippen LogP contribution is 2.40. The molecule has 0 radical (unpaired) electrons. The van der Waals surface area contributed by atoms with E-state index in [9.17, 15) is 23.3 Å². The lowest BCUT2D eigenvalue weighted by Gasteiger charge is -2.10. The third-order valence-corrected chi connectivity index (χ3v) is 1.58. The zero-order chi connectivity index (χ0) is 11.6. The molecule has 5 nitrogen and oxygen atoms in total. The Kier molecular flexibility index (Phi) is 2.78. The van der Waals surface area contributed by atoms with Gasteiger partial charge in [-0.3, -0.25) is 15.1 Å². The molecule has 1 heterocycles. The van der Waals surface area contributed by atoms with Crippen LogP contribution in [0, 0.1) is 10.1 Å². The van der Waals surface area contributed by atoms with Gasteiger partial charge in [0.25, 0.3) is 0 Å². The summed E-state index contributed by atoms with van der Waals surface area (Å²) in [6.45, 7) is 0. The average molecular weight is 222 g/mol. The quantitative estimate of drug-likeness (QED) is 0.567. The topological polar surface area (TPSA) is 65.3 Å². The van der Waals surface area contributed by atoms with Gasteiger partial charge in [0.2, 0.25) is 5.75 Å². The van der Waals surface area contributed by atoms with E-state index in [-0.39, 0.29) is 0 Å². The summed E-state index contributed by atoms with van der Waals surface area (Å²) in [5, 5.41) is 10.4. The molecule has 0 saturated carbocycles. The van der Waals surface area contributed by atoms with Crippen molar-refractivity contribution >= 4 is 5.69 Å². The molecule has 82 valence electrons. The Balaban J connectivity index is 3.42. The normalized spacial score (nSPS) is 11.2. The molecule has 8 heteroatoms. The van der Waals surface area contributed by atoms with Gasteiger partial charge in [0, 0.05) is 6.20 Å². The summed E-state index contributed by atoms with van der Waals surface area (Å²) >= 11 is 0. The smallest absolute Gasteiger partial charge is 0.421 e. The molecular weight excluding hydrogens is 217 g/mol. The highest BCUT2D eigenvalue weighted by Gasteiger charge is 2.38. The van der Waals surface area contributed by atoms with Crippen LogP contribution in [0.15, 0.2) is 12.4 Å². The lowest BCUT2D eigenvalue weighted by Crippen LogP contribution is -2.09. The fourth-order valence-corrected chi connectivity index (χ4v) is 0.984. The maximum atomic E-state index is 12.3. The van der Waals surface area contributed by atoms with Crippen molar-refractivity contribution in [3.8, 4) is 5.75 Å². The molecule has 0 aliphatic rings. The molecule has 0 aliphatic carbocycles. The first-order valence-electron chi connectivity index (χ1n) is 3.61. The van der Waals surface area contributed by atoms with Crippen LogP contribution in [0.4, 0.5) is 18.9 Å². The molecule has 0 saturated heterocycles. The number of pyridine rings is 1. The molecule has 0 N–H and O–H groups in total. The van der Waals surface area contributed by atoms with Crippen molar-refractivity contribution in [2.45, 2.75) is 6.18 Å². The Labute approximate surface area is 81.6 Å². The summed E-state index contributed by atoms with van der Waals surface area (Å²) in [5.41, 5.74) is -2.08. The van der Waals surface area contributed by atoms with E-state index in [2.05, 4.69) is 9.72 Å². The maximum absolute atomic E-state index is 12.3. The number of halogens is 3. The third kappa shape index (κ3) is 2.14. The Hall–Kier alpha value is -1.86. The van der Waals surface area contributed by atoms with Crippen LogP contribution in [-0.2, 0) is 6.18 Å². The summed E-state index contributed by atoms with van der Waals surface area (Å²) in [6, 6.07) is 0. The zero-order valence-electron chi connectivity index (χ0n) is 7.41. The van der Waals surface area contributed by atoms with E-state index in [1.165, 1.54) is 0 Å². The molecule has 0 bridgehead atoms. The first-order chi connectivity index (χ1) is 6.88. The minimum absolute atomic E-state index is 0.478. The molecule has 1 aromatic rings. The molecule has 0 aromatic carbocycles. The number of ether oxygens (including phenoxy) is 1. The monoisotopic (exact) mass is 222 g/mol. The number of nitro groups is 1. The summed E-state index contributed by atoms with van der Waals surface area (Å²) < 4.78 is 41.4. The van der Waals surface area contributed by atoms with Crippen molar-refractivity contribution in [2.24, 2.45) is 0 Å². The Bertz CT molecular complexity index is 392. The van der Waals surface area contributed by atoms with Crippen LogP contribution in [0.3, 0.4) is 0 Å². The summed E-state index contributed by atoms with van der Waals surface area (Å²) in [6.07, 6.45) is -3.55. The standard InChI is InChI=1S/C7H5F3N2O3/c1-15-6-4(7(8,9)10)2-11-3-5(6)12(13)14/h2-3H,1H3. The number of rotatable bonds is 2. The molecular formula is C7H5F3N2O3. The van der Waals surface area contributed by atoms with E-state index < -0.39 is 28.1 Å². The number of aromatic nitrogens is 1. The highest BCUT2D eigenvalue weighted by molar-refractivity contribution is 5.50. The third-order valence-electron chi connectivity index (χ3n) is 1.58. The highest BCUT2D eigenvalue weighted by atomic mass is 19.4. The lowest BCUT2D eigenvalue weighted by atomic mass is 10.2. The fourth-order valence-electron chi connectivity index (χ4n) is 0.984. The zero-order valence-corrected chi connectivity index (χ0v) is 7.41. The largest absolute Gasteiger partial charge is 0.490 e. The molecule has 0 fully saturated rings. The van der Waals surface area contributed by atoms with Gasteiger partial charge in [0.15, 0.2) is 0 Å². The first kappa shape index (κ1) is 11.2. The maximum Gasteiger partial charge on any atom is 0.421 e. The van der Waals surface area contributed by atoms with Crippen molar-refractivity contribution in [2.75, 3.05) is 7.11 Å². The van der Waals surface area contributed by atoms with E-state index in [0.717, 1.165) is 7.11 Å². The van der Waals surface area contributed by atoms with E-state index in [0.29, 0.717) is 12.4 Å². The van der Waals surface area contributed by atoms with Gasteiger partial charge in [-0.15, -0.1) is 0 Å². The van der Waals surface area contributed by atoms with Crippen LogP contribution in [0.2, 0.25) is 0 Å². The van der Waals surface area contributed by atoms with Gasteiger partial charge >= 0.3 is 11.9 Å². The number of alkyl halides is 3. The van der Waals surface area contributed by atoms with Gasteiger partial charge in [-0.05, 0) is 0 Å². The van der Waals surface area contributed by atoms with Crippen molar-refractivity contribution < 1.29 is 22.8 Å². The molecule has 0 amide bonds. The number of hydrogen-bond donors (Lipinski definition) is 0. The van der Waals surface area contributed by atoms with Gasteiger partial charge in [-0.1, -0.05) is 0 Å². The number of methoxy groups -OCH3 is 1. The predicted molar refractivity (Wildman–Crippen MR) is 42.4 cm³/mol. The average Bonchev–Trinajstić information content (AvgIpc) is 2.15. The molecule has 1 aromatic heterocycles. The van der Waals surface area contributed by atoms with Crippen LogP contribution < -0.4 is 4.74 Å². The second kappa shape index (κ2) is 3.71. The van der Waals surface area contributed by atoms with Gasteiger partial charge in [0.05, 0.1) is 12.0 Å². The van der Waals surface area contributed by atoms with E-state index >= 15 is 0 Å². The number of nitrogens with zero attached hydrogens (tertiary/aromatic N) is 2. The summed E-state index contributed by atoms with van der Waals surface area (Å²) in [5.74, 6) is -0.831. The van der Waals surface area contributed by atoms with Crippen LogP contribution >= 0.6 is 0 Å². The van der Waals surface area contributed by atoms with Crippen molar-refractivity contribution in [1.29, 1.82) is 0 Å². The molecule has 0 unspecified atom stereocenters. The molecule has 0 spiro atoms. The summed E-state index contributed by atoms with van der Waals surface area (Å²) in [7, 11) is 0.928. The minimum Gasteiger partial charge on any atom is -0.490 e. The second-order valence-electron chi connectivity index (χ2n) is 2.49. The van der Waals surface area contributed by atoms with E-state index in [1.807, 2.05) is 0 Å². The van der Waals surface area contributed by atoms with Gasteiger partial charge < -0.3 is 4.74 Å². The molecule has 15 heavy (non-hydrogen) atoms. The fraction of sp³-hybridized carbons (Fsp3) is 0.286. The van der Waals surface area contributed by atoms with Crippen molar-refractivity contribution in [1.82, 2.24) is 4.98 Å². The van der Waals surface area contributed by atoms with Gasteiger partial charge in [-0.2, -0.15) is 13.2 Å². The number of hydrogen-bond acceptors (Lipinski definition) is 4. The van der Waals surface area contributed by atoms with E-state index in [1.54, 1.807) is 0 Å². The van der Waals surface area contributed by atoms with Crippen molar-refractivity contribution in [3.63, 3.8) is 0 Å². The van der Waals surface area contributed by atoms with E-state index in [4.69, 9.17) is 0 Å². The van der Waals surface area contributed by atoms with Gasteiger partial charge in [-0.25, -0.2) is 0 Å². The summed E-state index contributed by atoms with van der Waals surface area (Å²) in [4.78, 5) is 12.5. The van der Waals surface area contributed by atoms with Crippen LogP contribution in [-0.4, -0.2) is 17.0 Å². The van der Waals surface area contributed by atoms with Gasteiger partial charge in [0.1, 0.15) is 11.8 Å². The van der Waals surface area contributed by atoms with Crippen molar-refractivity contribution in [3.05, 3.63) is 28.1 Å². The molecule has 0 aliphatic heterocycles. The van der Waals surface area contributed by atoms with Crippen LogP contribution in [0.1, 0.15) is 5.56 Å². The SMILES string of the molecule is COc1c([N+](=O)[O-])cncc1C(F)(F)F. The van der Waals surface area contributed by atoms with Crippen LogP contribution in [0.5, 0.6) is 5.75 Å². The predicted octanol–water partition coefficient (Wildman–Crippen LogP) is 2.02.